The fourth-order valence-corrected chi connectivity index (χ4v) is 2.43. The summed E-state index contributed by atoms with van der Waals surface area (Å²) in [6.07, 6.45) is 0.682. The first-order valence-corrected chi connectivity index (χ1v) is 13.7. The molecule has 9 heteroatoms. The number of carbonyl (C=O) groups is 1. The molecule has 1 rings (SSSR count). The van der Waals surface area contributed by atoms with E-state index in [1.807, 2.05) is 69.2 Å². The topological polar surface area (TPSA) is 83.5 Å². The number of aliphatic carboxylic acids is 1. The van der Waals surface area contributed by atoms with Gasteiger partial charge in [0.15, 0.2) is 6.10 Å². The molecule has 1 unspecified atom stereocenters. The molecule has 7 nitrogen and oxygen atoms in total. The SMILES string of the molecule is CC(C)(C)OOC(C)(C)CCC(C)(C)OOC(C)(C)C.CC(C)C.CC(Oc1ccc(Cl)cc1Cl)C(=O)O. The molecule has 1 atom stereocenters. The van der Waals surface area contributed by atoms with E-state index in [0.717, 1.165) is 18.8 Å². The first kappa shape index (κ1) is 39.1. The van der Waals surface area contributed by atoms with Crippen LogP contribution in [0.3, 0.4) is 0 Å². The number of hydrogen-bond donors (Lipinski definition) is 1. The van der Waals surface area contributed by atoms with Crippen molar-refractivity contribution in [3.05, 3.63) is 28.2 Å². The van der Waals surface area contributed by atoms with Gasteiger partial charge >= 0.3 is 5.97 Å². The molecule has 1 N–H and O–H groups in total. The third kappa shape index (κ3) is 24.0. The van der Waals surface area contributed by atoms with Crippen molar-refractivity contribution in [2.24, 2.45) is 5.92 Å². The Morgan fingerprint density at radius 1 is 0.763 bits per heavy atom. The molecule has 0 aliphatic carbocycles. The quantitative estimate of drug-likeness (QED) is 0.217. The molecule has 0 aromatic heterocycles. The minimum absolute atomic E-state index is 0.297. The average molecular weight is 584 g/mol. The summed E-state index contributed by atoms with van der Waals surface area (Å²) in [5.74, 6) is 0.0991. The molecular weight excluding hydrogens is 531 g/mol. The van der Waals surface area contributed by atoms with E-state index in [1.165, 1.54) is 19.1 Å². The van der Waals surface area contributed by atoms with Gasteiger partial charge in [-0.15, -0.1) is 0 Å². The molecule has 1 aromatic rings. The standard InChI is InChI=1S/C16H34O4.C9H8Cl2O3.C4H10/c1-13(2,3)17-19-15(7,8)11-12-16(9,10)20-18-14(4,5)6;1-5(9(12)13)14-8-3-2-6(10)4-7(8)11;1-4(2)3/h11-12H2,1-10H3;2-5H,1H3,(H,12,13);4H,1-3H3. The van der Waals surface area contributed by atoms with E-state index in [9.17, 15) is 4.79 Å². The Morgan fingerprint density at radius 3 is 1.42 bits per heavy atom. The van der Waals surface area contributed by atoms with Gasteiger partial charge in [0.25, 0.3) is 0 Å². The monoisotopic (exact) mass is 582 g/mol. The number of rotatable bonds is 10. The molecule has 0 saturated heterocycles. The Balaban J connectivity index is 0. The number of carboxylic acids is 1. The fourth-order valence-electron chi connectivity index (χ4n) is 1.97. The highest BCUT2D eigenvalue weighted by Crippen LogP contribution is 2.29. The smallest absolute Gasteiger partial charge is 0.344 e. The normalized spacial score (nSPS) is 13.2. The fraction of sp³-hybridized carbons (Fsp3) is 0.759. The Morgan fingerprint density at radius 2 is 1.13 bits per heavy atom. The highest BCUT2D eigenvalue weighted by molar-refractivity contribution is 6.35. The maximum atomic E-state index is 10.5. The van der Waals surface area contributed by atoms with Crippen molar-refractivity contribution in [3.8, 4) is 5.75 Å². The van der Waals surface area contributed by atoms with Crippen LogP contribution in [0.5, 0.6) is 5.75 Å². The maximum Gasteiger partial charge on any atom is 0.344 e. The third-order valence-corrected chi connectivity index (χ3v) is 4.44. The minimum atomic E-state index is -1.05. The second kappa shape index (κ2) is 16.9. The van der Waals surface area contributed by atoms with Crippen molar-refractivity contribution in [1.82, 2.24) is 0 Å². The lowest BCUT2D eigenvalue weighted by Crippen LogP contribution is -2.35. The van der Waals surface area contributed by atoms with E-state index in [2.05, 4.69) is 20.8 Å². The van der Waals surface area contributed by atoms with Gasteiger partial charge < -0.3 is 9.84 Å². The molecule has 0 fully saturated rings. The summed E-state index contributed by atoms with van der Waals surface area (Å²) in [5.41, 5.74) is -1.34. The number of hydrogen-bond acceptors (Lipinski definition) is 6. The van der Waals surface area contributed by atoms with E-state index < -0.39 is 12.1 Å². The van der Waals surface area contributed by atoms with Crippen LogP contribution in [0.25, 0.3) is 0 Å². The van der Waals surface area contributed by atoms with Crippen molar-refractivity contribution in [2.75, 3.05) is 0 Å². The zero-order chi connectivity index (χ0) is 30.5. The second-order valence-electron chi connectivity index (χ2n) is 13.0. The molecular formula is C29H52Cl2O7. The van der Waals surface area contributed by atoms with E-state index >= 15 is 0 Å². The van der Waals surface area contributed by atoms with Crippen LogP contribution in [0, 0.1) is 5.92 Å². The van der Waals surface area contributed by atoms with Crippen LogP contribution in [0.1, 0.15) is 110 Å². The average Bonchev–Trinajstić information content (AvgIpc) is 2.71. The molecule has 0 amide bonds. The molecule has 0 heterocycles. The van der Waals surface area contributed by atoms with Crippen LogP contribution in [-0.4, -0.2) is 39.6 Å². The first-order valence-electron chi connectivity index (χ1n) is 12.9. The largest absolute Gasteiger partial charge is 0.479 e. The maximum absolute atomic E-state index is 10.5. The molecule has 224 valence electrons. The lowest BCUT2D eigenvalue weighted by atomic mass is 9.94. The first-order chi connectivity index (χ1) is 16.9. The summed E-state index contributed by atoms with van der Waals surface area (Å²) in [6, 6.07) is 4.61. The van der Waals surface area contributed by atoms with Gasteiger partial charge in [-0.1, -0.05) is 44.0 Å². The van der Waals surface area contributed by atoms with Crippen LogP contribution < -0.4 is 4.74 Å². The summed E-state index contributed by atoms with van der Waals surface area (Å²) in [4.78, 5) is 32.4. The van der Waals surface area contributed by atoms with E-state index in [1.54, 1.807) is 6.07 Å². The molecule has 38 heavy (non-hydrogen) atoms. The Kier molecular flexibility index (Phi) is 17.4. The van der Waals surface area contributed by atoms with E-state index in [-0.39, 0.29) is 22.4 Å². The summed E-state index contributed by atoms with van der Waals surface area (Å²) in [5, 5.41) is 9.37. The van der Waals surface area contributed by atoms with Gasteiger partial charge in [0.1, 0.15) is 5.75 Å². The van der Waals surface area contributed by atoms with Gasteiger partial charge in [-0.2, -0.15) is 0 Å². The molecule has 0 aliphatic rings. The van der Waals surface area contributed by atoms with Crippen molar-refractivity contribution < 1.29 is 34.2 Å². The molecule has 0 saturated carbocycles. The lowest BCUT2D eigenvalue weighted by molar-refractivity contribution is -0.410. The van der Waals surface area contributed by atoms with Crippen molar-refractivity contribution in [1.29, 1.82) is 0 Å². The predicted molar refractivity (Wildman–Crippen MR) is 156 cm³/mol. The van der Waals surface area contributed by atoms with Gasteiger partial charge in [-0.3, -0.25) is 0 Å². The molecule has 0 bridgehead atoms. The Hall–Kier alpha value is -1.09. The molecule has 0 spiro atoms. The minimum Gasteiger partial charge on any atom is -0.479 e. The highest BCUT2D eigenvalue weighted by atomic mass is 35.5. The summed E-state index contributed by atoms with van der Waals surface area (Å²) in [7, 11) is 0. The van der Waals surface area contributed by atoms with E-state index in [4.69, 9.17) is 52.6 Å². The lowest BCUT2D eigenvalue weighted by Gasteiger charge is -2.33. The Bertz CT molecular complexity index is 777. The van der Waals surface area contributed by atoms with Gasteiger partial charge in [0.05, 0.1) is 27.4 Å². The zero-order valence-corrected chi connectivity index (χ0v) is 27.5. The Labute approximate surface area is 241 Å². The molecule has 0 aliphatic heterocycles. The van der Waals surface area contributed by atoms with Gasteiger partial charge in [0, 0.05) is 5.02 Å². The van der Waals surface area contributed by atoms with Gasteiger partial charge in [0.2, 0.25) is 0 Å². The third-order valence-electron chi connectivity index (χ3n) is 3.91. The summed E-state index contributed by atoms with van der Waals surface area (Å²) < 4.78 is 5.07. The second-order valence-corrected chi connectivity index (χ2v) is 13.8. The molecule has 1 aromatic carbocycles. The van der Waals surface area contributed by atoms with Gasteiger partial charge in [-0.25, -0.2) is 24.3 Å². The van der Waals surface area contributed by atoms with Crippen LogP contribution in [0.4, 0.5) is 0 Å². The summed E-state index contributed by atoms with van der Waals surface area (Å²) >= 11 is 11.4. The molecule has 0 radical (unpaired) electrons. The predicted octanol–water partition coefficient (Wildman–Crippen LogP) is 9.32. The number of halogens is 2. The number of carboxylic acid groups (broad SMARTS) is 1. The van der Waals surface area contributed by atoms with E-state index in [0.29, 0.717) is 15.8 Å². The van der Waals surface area contributed by atoms with Crippen LogP contribution in [0.15, 0.2) is 18.2 Å². The van der Waals surface area contributed by atoms with Crippen molar-refractivity contribution in [2.45, 2.75) is 138 Å². The van der Waals surface area contributed by atoms with Crippen LogP contribution in [0.2, 0.25) is 10.0 Å². The van der Waals surface area contributed by atoms with Crippen molar-refractivity contribution >= 4 is 29.2 Å². The number of benzene rings is 1. The zero-order valence-electron chi connectivity index (χ0n) is 26.0. The van der Waals surface area contributed by atoms with Crippen LogP contribution >= 0.6 is 23.2 Å². The van der Waals surface area contributed by atoms with Crippen LogP contribution in [-0.2, 0) is 24.3 Å². The van der Waals surface area contributed by atoms with Gasteiger partial charge in [-0.05, 0) is 113 Å². The van der Waals surface area contributed by atoms with Crippen molar-refractivity contribution in [3.63, 3.8) is 0 Å². The highest BCUT2D eigenvalue weighted by Gasteiger charge is 2.30. The summed E-state index contributed by atoms with van der Waals surface area (Å²) in [6.45, 7) is 27.8. The number of ether oxygens (including phenoxy) is 1.